The number of thiazole rings is 2. The minimum absolute atomic E-state index is 0.108. The molecule has 0 unspecified atom stereocenters. The van der Waals surface area contributed by atoms with Crippen LogP contribution in [-0.4, -0.2) is 51.9 Å². The molecule has 0 aliphatic carbocycles. The largest absolute Gasteiger partial charge is 0.335 e. The summed E-state index contributed by atoms with van der Waals surface area (Å²) in [5, 5.41) is 4.14. The molecule has 3 aromatic rings. The lowest BCUT2D eigenvalue weighted by Gasteiger charge is -2.34. The van der Waals surface area contributed by atoms with Gasteiger partial charge in [-0.25, -0.2) is 9.97 Å². The van der Waals surface area contributed by atoms with Crippen LogP contribution in [0.15, 0.2) is 35.7 Å². The van der Waals surface area contributed by atoms with Crippen molar-refractivity contribution >= 4 is 28.6 Å². The summed E-state index contributed by atoms with van der Waals surface area (Å²) in [7, 11) is 0. The molecule has 1 saturated heterocycles. The van der Waals surface area contributed by atoms with E-state index in [1.165, 1.54) is 11.3 Å². The third-order valence-corrected chi connectivity index (χ3v) is 6.74. The van der Waals surface area contributed by atoms with E-state index in [1.54, 1.807) is 11.3 Å². The zero-order chi connectivity index (χ0) is 18.8. The van der Waals surface area contributed by atoms with Crippen molar-refractivity contribution in [1.82, 2.24) is 19.8 Å². The van der Waals surface area contributed by atoms with Crippen molar-refractivity contribution in [2.45, 2.75) is 20.4 Å². The van der Waals surface area contributed by atoms with E-state index in [1.807, 2.05) is 49.1 Å². The third kappa shape index (κ3) is 4.10. The van der Waals surface area contributed by atoms with Gasteiger partial charge in [0.25, 0.3) is 5.91 Å². The average Bonchev–Trinajstić information content (AvgIpc) is 3.28. The van der Waals surface area contributed by atoms with Crippen LogP contribution in [0.5, 0.6) is 0 Å². The predicted octanol–water partition coefficient (Wildman–Crippen LogP) is 3.84. The topological polar surface area (TPSA) is 49.3 Å². The Morgan fingerprint density at radius 1 is 1.07 bits per heavy atom. The van der Waals surface area contributed by atoms with Gasteiger partial charge in [-0.15, -0.1) is 22.7 Å². The van der Waals surface area contributed by atoms with Gasteiger partial charge in [0.2, 0.25) is 0 Å². The molecule has 0 saturated carbocycles. The maximum Gasteiger partial charge on any atom is 0.265 e. The first kappa shape index (κ1) is 18.3. The molecule has 1 fully saturated rings. The van der Waals surface area contributed by atoms with E-state index >= 15 is 0 Å². The number of carbonyl (C=O) groups is 1. The molecule has 1 amide bonds. The van der Waals surface area contributed by atoms with E-state index in [4.69, 9.17) is 0 Å². The molecule has 7 heteroatoms. The van der Waals surface area contributed by atoms with Gasteiger partial charge >= 0.3 is 0 Å². The van der Waals surface area contributed by atoms with Gasteiger partial charge in [-0.05, 0) is 13.8 Å². The number of hydrogen-bond donors (Lipinski definition) is 0. The van der Waals surface area contributed by atoms with Crippen molar-refractivity contribution in [3.8, 4) is 10.6 Å². The maximum absolute atomic E-state index is 13.0. The second kappa shape index (κ2) is 7.88. The van der Waals surface area contributed by atoms with Gasteiger partial charge in [0.15, 0.2) is 0 Å². The molecule has 1 aromatic carbocycles. The highest BCUT2D eigenvalue weighted by Gasteiger charge is 2.26. The number of benzene rings is 1. The summed E-state index contributed by atoms with van der Waals surface area (Å²) in [5.41, 5.74) is 3.01. The molecule has 0 radical (unpaired) electrons. The smallest absolute Gasteiger partial charge is 0.265 e. The lowest BCUT2D eigenvalue weighted by molar-refractivity contribution is 0.0631. The number of aromatic nitrogens is 2. The van der Waals surface area contributed by atoms with Crippen molar-refractivity contribution in [2.75, 3.05) is 26.2 Å². The molecule has 0 bridgehead atoms. The molecular formula is C20H22N4OS2. The van der Waals surface area contributed by atoms with Gasteiger partial charge in [-0.3, -0.25) is 9.69 Å². The summed E-state index contributed by atoms with van der Waals surface area (Å²) >= 11 is 3.19. The number of amides is 1. The molecule has 0 spiro atoms. The van der Waals surface area contributed by atoms with E-state index in [9.17, 15) is 4.79 Å². The summed E-state index contributed by atoms with van der Waals surface area (Å²) in [6.07, 6.45) is 0. The van der Waals surface area contributed by atoms with Gasteiger partial charge in [0.05, 0.1) is 16.4 Å². The Kier molecular flexibility index (Phi) is 5.33. The van der Waals surface area contributed by atoms with Crippen LogP contribution in [0.25, 0.3) is 10.6 Å². The molecule has 0 N–H and O–H groups in total. The molecule has 0 atom stereocenters. The normalized spacial score (nSPS) is 15.3. The first-order valence-corrected chi connectivity index (χ1v) is 10.8. The second-order valence-electron chi connectivity index (χ2n) is 6.73. The second-order valence-corrected chi connectivity index (χ2v) is 8.79. The van der Waals surface area contributed by atoms with E-state index in [0.29, 0.717) is 0 Å². The Morgan fingerprint density at radius 2 is 1.81 bits per heavy atom. The fraction of sp³-hybridized carbons (Fsp3) is 0.350. The summed E-state index contributed by atoms with van der Waals surface area (Å²) < 4.78 is 0. The Balaban J connectivity index is 1.40. The van der Waals surface area contributed by atoms with Crippen molar-refractivity contribution in [1.29, 1.82) is 0 Å². The Bertz CT molecular complexity index is 927. The summed E-state index contributed by atoms with van der Waals surface area (Å²) in [4.78, 5) is 27.2. The molecule has 140 valence electrons. The van der Waals surface area contributed by atoms with Crippen LogP contribution in [0.1, 0.15) is 26.1 Å². The Morgan fingerprint density at radius 3 is 2.48 bits per heavy atom. The Labute approximate surface area is 167 Å². The number of aryl methyl sites for hydroxylation is 2. The predicted molar refractivity (Wildman–Crippen MR) is 110 cm³/mol. The van der Waals surface area contributed by atoms with E-state index < -0.39 is 0 Å². The Hall–Kier alpha value is -2.09. The number of rotatable bonds is 4. The summed E-state index contributed by atoms with van der Waals surface area (Å²) in [5.74, 6) is 0.108. The van der Waals surface area contributed by atoms with Gasteiger partial charge in [0.1, 0.15) is 9.88 Å². The molecule has 5 nitrogen and oxygen atoms in total. The van der Waals surface area contributed by atoms with E-state index in [-0.39, 0.29) is 5.91 Å². The zero-order valence-corrected chi connectivity index (χ0v) is 17.1. The minimum atomic E-state index is 0.108. The number of nitrogens with zero attached hydrogens (tertiary/aromatic N) is 4. The van der Waals surface area contributed by atoms with Crippen LogP contribution < -0.4 is 0 Å². The fourth-order valence-corrected chi connectivity index (χ4v) is 4.91. The molecule has 1 aliphatic heterocycles. The zero-order valence-electron chi connectivity index (χ0n) is 15.5. The van der Waals surface area contributed by atoms with Crippen molar-refractivity contribution in [3.63, 3.8) is 0 Å². The quantitative estimate of drug-likeness (QED) is 0.670. The van der Waals surface area contributed by atoms with Crippen LogP contribution in [-0.2, 0) is 6.54 Å². The van der Waals surface area contributed by atoms with E-state index in [0.717, 1.165) is 64.6 Å². The highest BCUT2D eigenvalue weighted by Crippen LogP contribution is 2.29. The first-order chi connectivity index (χ1) is 13.1. The van der Waals surface area contributed by atoms with Crippen molar-refractivity contribution in [2.24, 2.45) is 0 Å². The monoisotopic (exact) mass is 398 g/mol. The first-order valence-electron chi connectivity index (χ1n) is 9.05. The number of piperazine rings is 1. The highest BCUT2D eigenvalue weighted by atomic mass is 32.1. The summed E-state index contributed by atoms with van der Waals surface area (Å²) in [6.45, 7) is 8.09. The molecular weight excluding hydrogens is 376 g/mol. The van der Waals surface area contributed by atoms with Gasteiger partial charge in [-0.1, -0.05) is 30.3 Å². The summed E-state index contributed by atoms with van der Waals surface area (Å²) in [6, 6.07) is 10.0. The highest BCUT2D eigenvalue weighted by molar-refractivity contribution is 7.17. The lowest BCUT2D eigenvalue weighted by Crippen LogP contribution is -2.48. The average molecular weight is 399 g/mol. The molecule has 2 aromatic heterocycles. The van der Waals surface area contributed by atoms with Gasteiger partial charge in [0, 0.05) is 43.7 Å². The van der Waals surface area contributed by atoms with E-state index in [2.05, 4.69) is 20.2 Å². The third-order valence-electron chi connectivity index (χ3n) is 4.72. The van der Waals surface area contributed by atoms with Crippen LogP contribution >= 0.6 is 22.7 Å². The van der Waals surface area contributed by atoms with Gasteiger partial charge < -0.3 is 4.90 Å². The molecule has 3 heterocycles. The minimum Gasteiger partial charge on any atom is -0.335 e. The maximum atomic E-state index is 13.0. The molecule has 1 aliphatic rings. The van der Waals surface area contributed by atoms with Crippen LogP contribution in [0.4, 0.5) is 0 Å². The van der Waals surface area contributed by atoms with Crippen LogP contribution in [0.2, 0.25) is 0 Å². The standard InChI is InChI=1S/C20H22N4OS2/c1-14-18(27-19(21-14)16-6-4-3-5-7-16)20(25)24-10-8-23(9-11-24)12-17-13-26-15(2)22-17/h3-7,13H,8-12H2,1-2H3. The molecule has 27 heavy (non-hydrogen) atoms. The fourth-order valence-electron chi connectivity index (χ4n) is 3.26. The molecule has 4 rings (SSSR count). The van der Waals surface area contributed by atoms with Crippen molar-refractivity contribution < 1.29 is 4.79 Å². The van der Waals surface area contributed by atoms with Crippen LogP contribution in [0.3, 0.4) is 0 Å². The van der Waals surface area contributed by atoms with Crippen molar-refractivity contribution in [3.05, 3.63) is 57.0 Å². The van der Waals surface area contributed by atoms with Gasteiger partial charge in [-0.2, -0.15) is 0 Å². The lowest BCUT2D eigenvalue weighted by atomic mass is 10.2. The SMILES string of the molecule is Cc1nc(CN2CCN(C(=O)c3sc(-c4ccccc4)nc3C)CC2)cs1. The number of carbonyl (C=O) groups excluding carboxylic acids is 1. The number of hydrogen-bond acceptors (Lipinski definition) is 6. The van der Waals surface area contributed by atoms with Crippen LogP contribution in [0, 0.1) is 13.8 Å².